The number of carbonyl (C=O) groups excluding carboxylic acids is 2. The van der Waals surface area contributed by atoms with Gasteiger partial charge in [-0.15, -0.1) is 11.3 Å². The van der Waals surface area contributed by atoms with Crippen LogP contribution >= 0.6 is 11.3 Å². The zero-order valence-corrected chi connectivity index (χ0v) is 18.9. The highest BCUT2D eigenvalue weighted by Gasteiger charge is 2.45. The average molecular weight is 438 g/mol. The SMILES string of the molecule is CNC(=O)C1(Cc2cccc(-c3cccs3)c2)CCN(C(=O)Cn2nc(C)nc2C)C1. The van der Waals surface area contributed by atoms with Gasteiger partial charge in [0.2, 0.25) is 11.8 Å². The summed E-state index contributed by atoms with van der Waals surface area (Å²) in [5.41, 5.74) is 1.63. The Morgan fingerprint density at radius 2 is 2.06 bits per heavy atom. The van der Waals surface area contributed by atoms with Crippen molar-refractivity contribution in [2.75, 3.05) is 20.1 Å². The van der Waals surface area contributed by atoms with Crippen molar-refractivity contribution in [3.8, 4) is 10.4 Å². The van der Waals surface area contributed by atoms with Crippen molar-refractivity contribution in [3.63, 3.8) is 0 Å². The summed E-state index contributed by atoms with van der Waals surface area (Å²) < 4.78 is 1.63. The molecule has 2 aromatic heterocycles. The fraction of sp³-hybridized carbons (Fsp3) is 0.391. The molecule has 1 unspecified atom stereocenters. The minimum Gasteiger partial charge on any atom is -0.359 e. The van der Waals surface area contributed by atoms with E-state index in [1.165, 1.54) is 4.88 Å². The molecule has 0 aliphatic carbocycles. The maximum Gasteiger partial charge on any atom is 0.244 e. The Hall–Kier alpha value is -3.00. The van der Waals surface area contributed by atoms with Crippen LogP contribution < -0.4 is 5.32 Å². The molecule has 1 aliphatic rings. The van der Waals surface area contributed by atoms with Gasteiger partial charge in [-0.25, -0.2) is 9.67 Å². The Balaban J connectivity index is 1.53. The van der Waals surface area contributed by atoms with Gasteiger partial charge in [-0.2, -0.15) is 5.10 Å². The van der Waals surface area contributed by atoms with Crippen molar-refractivity contribution in [3.05, 3.63) is 59.0 Å². The van der Waals surface area contributed by atoms with Crippen molar-refractivity contribution < 1.29 is 9.59 Å². The second kappa shape index (κ2) is 8.63. The number of aryl methyl sites for hydroxylation is 2. The number of hydrogen-bond acceptors (Lipinski definition) is 5. The predicted molar refractivity (Wildman–Crippen MR) is 121 cm³/mol. The van der Waals surface area contributed by atoms with Crippen molar-refractivity contribution in [1.29, 1.82) is 0 Å². The van der Waals surface area contributed by atoms with Gasteiger partial charge in [0.1, 0.15) is 18.2 Å². The molecular weight excluding hydrogens is 410 g/mol. The summed E-state index contributed by atoms with van der Waals surface area (Å²) in [7, 11) is 1.66. The lowest BCUT2D eigenvalue weighted by Crippen LogP contribution is -2.44. The Morgan fingerprint density at radius 3 is 2.74 bits per heavy atom. The van der Waals surface area contributed by atoms with Crippen LogP contribution in [0.5, 0.6) is 0 Å². The normalized spacial score (nSPS) is 18.4. The van der Waals surface area contributed by atoms with E-state index in [9.17, 15) is 9.59 Å². The monoisotopic (exact) mass is 437 g/mol. The first-order valence-electron chi connectivity index (χ1n) is 10.4. The molecule has 0 radical (unpaired) electrons. The molecular formula is C23H27N5O2S. The largest absolute Gasteiger partial charge is 0.359 e. The highest BCUT2D eigenvalue weighted by molar-refractivity contribution is 7.13. The van der Waals surface area contributed by atoms with Crippen LogP contribution in [0.15, 0.2) is 41.8 Å². The van der Waals surface area contributed by atoms with E-state index in [0.717, 1.165) is 11.1 Å². The number of nitrogens with one attached hydrogen (secondary N) is 1. The topological polar surface area (TPSA) is 80.1 Å². The maximum absolute atomic E-state index is 13.0. The molecule has 1 atom stereocenters. The molecule has 3 aromatic rings. The van der Waals surface area contributed by atoms with Crippen molar-refractivity contribution >= 4 is 23.2 Å². The van der Waals surface area contributed by atoms with E-state index in [-0.39, 0.29) is 18.4 Å². The molecule has 4 rings (SSSR count). The summed E-state index contributed by atoms with van der Waals surface area (Å²) in [5, 5.41) is 9.18. The van der Waals surface area contributed by atoms with Gasteiger partial charge in [-0.3, -0.25) is 9.59 Å². The number of nitrogens with zero attached hydrogens (tertiary/aromatic N) is 4. The third kappa shape index (κ3) is 4.39. The van der Waals surface area contributed by atoms with Crippen LogP contribution in [0.4, 0.5) is 0 Å². The molecule has 31 heavy (non-hydrogen) atoms. The van der Waals surface area contributed by atoms with Crippen molar-refractivity contribution in [2.45, 2.75) is 33.2 Å². The molecule has 0 bridgehead atoms. The van der Waals surface area contributed by atoms with E-state index in [1.54, 1.807) is 28.0 Å². The lowest BCUT2D eigenvalue weighted by Gasteiger charge is -2.28. The number of likely N-dealkylation sites (tertiary alicyclic amines) is 1. The van der Waals surface area contributed by atoms with Gasteiger partial charge >= 0.3 is 0 Å². The highest BCUT2D eigenvalue weighted by Crippen LogP contribution is 2.36. The number of carbonyl (C=O) groups is 2. The zero-order valence-electron chi connectivity index (χ0n) is 18.1. The Kier molecular flexibility index (Phi) is 5.91. The molecule has 3 heterocycles. The molecule has 1 aromatic carbocycles. The first kappa shape index (κ1) is 21.2. The lowest BCUT2D eigenvalue weighted by atomic mass is 9.79. The van der Waals surface area contributed by atoms with Crippen LogP contribution in [0.3, 0.4) is 0 Å². The fourth-order valence-electron chi connectivity index (χ4n) is 4.37. The molecule has 1 aliphatic heterocycles. The smallest absolute Gasteiger partial charge is 0.244 e. The van der Waals surface area contributed by atoms with E-state index in [0.29, 0.717) is 37.6 Å². The average Bonchev–Trinajstić information content (AvgIpc) is 3.49. The van der Waals surface area contributed by atoms with E-state index in [2.05, 4.69) is 45.0 Å². The fourth-order valence-corrected chi connectivity index (χ4v) is 5.09. The lowest BCUT2D eigenvalue weighted by molar-refractivity contribution is -0.133. The molecule has 1 saturated heterocycles. The summed E-state index contributed by atoms with van der Waals surface area (Å²) in [6.07, 6.45) is 1.23. The quantitative estimate of drug-likeness (QED) is 0.643. The first-order chi connectivity index (χ1) is 14.9. The minimum absolute atomic E-state index is 0.0166. The van der Waals surface area contributed by atoms with Gasteiger partial charge in [-0.05, 0) is 49.3 Å². The van der Waals surface area contributed by atoms with Crippen LogP contribution in [0.1, 0.15) is 23.6 Å². The summed E-state index contributed by atoms with van der Waals surface area (Å²) in [4.78, 5) is 33.2. The number of aromatic nitrogens is 3. The van der Waals surface area contributed by atoms with Crippen molar-refractivity contribution in [1.82, 2.24) is 25.0 Å². The molecule has 0 saturated carbocycles. The Morgan fingerprint density at radius 1 is 1.23 bits per heavy atom. The summed E-state index contributed by atoms with van der Waals surface area (Å²) in [6.45, 7) is 4.76. The highest BCUT2D eigenvalue weighted by atomic mass is 32.1. The number of rotatable bonds is 6. The third-order valence-electron chi connectivity index (χ3n) is 5.94. The van der Waals surface area contributed by atoms with Gasteiger partial charge in [0, 0.05) is 25.0 Å². The summed E-state index contributed by atoms with van der Waals surface area (Å²) in [6, 6.07) is 12.5. The number of hydrogen-bond donors (Lipinski definition) is 1. The van der Waals surface area contributed by atoms with E-state index < -0.39 is 5.41 Å². The minimum atomic E-state index is -0.633. The molecule has 8 heteroatoms. The van der Waals surface area contributed by atoms with Gasteiger partial charge in [0.15, 0.2) is 0 Å². The standard InChI is InChI=1S/C23H27N5O2S/c1-16-25-17(2)28(26-16)14-21(29)27-10-9-23(15-27,22(30)24-3)13-18-6-4-7-19(12-18)20-8-5-11-31-20/h4-8,11-12H,9-10,13-15H2,1-3H3,(H,24,30). The predicted octanol–water partition coefficient (Wildman–Crippen LogP) is 2.83. The van der Waals surface area contributed by atoms with Crippen LogP contribution in [0.25, 0.3) is 10.4 Å². The van der Waals surface area contributed by atoms with Gasteiger partial charge < -0.3 is 10.2 Å². The third-order valence-corrected chi connectivity index (χ3v) is 6.86. The van der Waals surface area contributed by atoms with Gasteiger partial charge in [0.05, 0.1) is 5.41 Å². The summed E-state index contributed by atoms with van der Waals surface area (Å²) >= 11 is 1.70. The molecule has 2 amide bonds. The molecule has 162 valence electrons. The van der Waals surface area contributed by atoms with Crippen molar-refractivity contribution in [2.24, 2.45) is 5.41 Å². The number of thiophene rings is 1. The van der Waals surface area contributed by atoms with E-state index >= 15 is 0 Å². The van der Waals surface area contributed by atoms with Crippen LogP contribution in [0.2, 0.25) is 0 Å². The first-order valence-corrected chi connectivity index (χ1v) is 11.3. The van der Waals surface area contributed by atoms with E-state index in [4.69, 9.17) is 0 Å². The molecule has 0 spiro atoms. The van der Waals surface area contributed by atoms with Gasteiger partial charge in [-0.1, -0.05) is 30.3 Å². The summed E-state index contributed by atoms with van der Waals surface area (Å²) in [5.74, 6) is 1.31. The number of amides is 2. The molecule has 1 fully saturated rings. The van der Waals surface area contributed by atoms with Crippen LogP contribution in [-0.2, 0) is 22.6 Å². The number of benzene rings is 1. The second-order valence-corrected chi connectivity index (χ2v) is 9.09. The Bertz CT molecular complexity index is 1090. The van der Waals surface area contributed by atoms with Crippen LogP contribution in [-0.4, -0.2) is 51.6 Å². The Labute approximate surface area is 186 Å². The maximum atomic E-state index is 13.0. The van der Waals surface area contributed by atoms with Crippen LogP contribution in [0, 0.1) is 19.3 Å². The van der Waals surface area contributed by atoms with Gasteiger partial charge in [0.25, 0.3) is 0 Å². The second-order valence-electron chi connectivity index (χ2n) is 8.14. The molecule has 7 nitrogen and oxygen atoms in total. The zero-order chi connectivity index (χ0) is 22.0. The van der Waals surface area contributed by atoms with E-state index in [1.807, 2.05) is 26.0 Å². The molecule has 1 N–H and O–H groups in total.